The Bertz CT molecular complexity index is 759. The Balaban J connectivity index is 2.25. The molecule has 0 heterocycles. The number of carbonyl (C=O) groups excluding carboxylic acids is 2. The third-order valence-corrected chi connectivity index (χ3v) is 3.58. The van der Waals surface area contributed by atoms with Crippen molar-refractivity contribution in [1.29, 1.82) is 0 Å². The zero-order chi connectivity index (χ0) is 17.0. The second-order valence-electron chi connectivity index (χ2n) is 5.02. The number of hydrogen-bond acceptors (Lipinski definition) is 3. The van der Waals surface area contributed by atoms with Gasteiger partial charge in [0.25, 0.3) is 5.91 Å². The minimum Gasteiger partial charge on any atom is -0.495 e. The normalized spacial score (nSPS) is 10.1. The molecule has 0 fully saturated rings. The largest absolute Gasteiger partial charge is 0.495 e. The topological polar surface area (TPSA) is 67.4 Å². The minimum atomic E-state index is -0.308. The average Bonchev–Trinajstić information content (AvgIpc) is 2.50. The fraction of sp³-hybridized carbons (Fsp3) is 0.176. The van der Waals surface area contributed by atoms with E-state index in [0.717, 1.165) is 5.56 Å². The molecule has 2 amide bonds. The number of anilines is 2. The number of methoxy groups -OCH3 is 1. The van der Waals surface area contributed by atoms with Gasteiger partial charge in [0.15, 0.2) is 0 Å². The Morgan fingerprint density at radius 3 is 2.52 bits per heavy atom. The minimum absolute atomic E-state index is 0.197. The van der Waals surface area contributed by atoms with Crippen molar-refractivity contribution in [3.05, 3.63) is 52.5 Å². The fourth-order valence-electron chi connectivity index (χ4n) is 2.07. The van der Waals surface area contributed by atoms with Crippen molar-refractivity contribution in [2.24, 2.45) is 0 Å². The highest BCUT2D eigenvalue weighted by Crippen LogP contribution is 2.31. The highest BCUT2D eigenvalue weighted by atomic mass is 35.5. The van der Waals surface area contributed by atoms with E-state index < -0.39 is 0 Å². The van der Waals surface area contributed by atoms with Gasteiger partial charge in [0, 0.05) is 29.3 Å². The van der Waals surface area contributed by atoms with Crippen LogP contribution in [0.3, 0.4) is 0 Å². The summed E-state index contributed by atoms with van der Waals surface area (Å²) in [5, 5.41) is 6.00. The quantitative estimate of drug-likeness (QED) is 0.893. The summed E-state index contributed by atoms with van der Waals surface area (Å²) in [6, 6.07) is 10.1. The zero-order valence-corrected chi connectivity index (χ0v) is 13.8. The lowest BCUT2D eigenvalue weighted by Gasteiger charge is -2.13. The number of hydrogen-bond donors (Lipinski definition) is 2. The molecule has 0 spiro atoms. The predicted molar refractivity (Wildman–Crippen MR) is 91.4 cm³/mol. The van der Waals surface area contributed by atoms with E-state index in [1.54, 1.807) is 36.4 Å². The maximum absolute atomic E-state index is 12.4. The van der Waals surface area contributed by atoms with Gasteiger partial charge in [0.2, 0.25) is 5.91 Å². The van der Waals surface area contributed by atoms with E-state index in [9.17, 15) is 9.59 Å². The molecule has 2 N–H and O–H groups in total. The molecule has 2 aromatic rings. The molecule has 2 aromatic carbocycles. The summed E-state index contributed by atoms with van der Waals surface area (Å²) in [6.07, 6.45) is 0. The van der Waals surface area contributed by atoms with E-state index in [1.807, 2.05) is 6.92 Å². The summed E-state index contributed by atoms with van der Waals surface area (Å²) in [4.78, 5) is 23.5. The number of amides is 2. The predicted octanol–water partition coefficient (Wildman–Crippen LogP) is 3.87. The molecule has 0 unspecified atom stereocenters. The van der Waals surface area contributed by atoms with Gasteiger partial charge in [-0.15, -0.1) is 0 Å². The van der Waals surface area contributed by atoms with Gasteiger partial charge in [-0.05, 0) is 36.8 Å². The van der Waals surface area contributed by atoms with Crippen molar-refractivity contribution in [2.45, 2.75) is 13.8 Å². The van der Waals surface area contributed by atoms with Crippen LogP contribution in [0.15, 0.2) is 36.4 Å². The molecule has 23 heavy (non-hydrogen) atoms. The third-order valence-electron chi connectivity index (χ3n) is 3.17. The molecule has 0 aliphatic heterocycles. The number of rotatable bonds is 4. The maximum Gasteiger partial charge on any atom is 0.255 e. The summed E-state index contributed by atoms with van der Waals surface area (Å²) < 4.78 is 5.24. The lowest BCUT2D eigenvalue weighted by Crippen LogP contribution is -2.14. The van der Waals surface area contributed by atoms with E-state index in [-0.39, 0.29) is 11.8 Å². The lowest BCUT2D eigenvalue weighted by molar-refractivity contribution is -0.114. The molecule has 120 valence electrons. The van der Waals surface area contributed by atoms with Crippen LogP contribution < -0.4 is 15.4 Å². The van der Waals surface area contributed by atoms with Crippen molar-refractivity contribution in [1.82, 2.24) is 0 Å². The number of benzene rings is 2. The van der Waals surface area contributed by atoms with E-state index in [2.05, 4.69) is 10.6 Å². The molecule has 2 rings (SSSR count). The number of nitrogens with one attached hydrogen (secondary N) is 2. The maximum atomic E-state index is 12.4. The first-order valence-electron chi connectivity index (χ1n) is 6.94. The monoisotopic (exact) mass is 332 g/mol. The van der Waals surface area contributed by atoms with Crippen LogP contribution in [0.5, 0.6) is 5.75 Å². The highest BCUT2D eigenvalue weighted by Gasteiger charge is 2.12. The molecule has 0 saturated carbocycles. The van der Waals surface area contributed by atoms with Crippen molar-refractivity contribution >= 4 is 34.8 Å². The third kappa shape index (κ3) is 4.23. The van der Waals surface area contributed by atoms with Gasteiger partial charge in [-0.25, -0.2) is 0 Å². The second kappa shape index (κ2) is 7.15. The Morgan fingerprint density at radius 1 is 1.13 bits per heavy atom. The van der Waals surface area contributed by atoms with Crippen molar-refractivity contribution in [3.8, 4) is 5.75 Å². The molecule has 0 atom stereocenters. The first kappa shape index (κ1) is 16.8. The zero-order valence-electron chi connectivity index (χ0n) is 13.1. The summed E-state index contributed by atoms with van der Waals surface area (Å²) in [7, 11) is 1.51. The van der Waals surface area contributed by atoms with Crippen LogP contribution in [-0.2, 0) is 4.79 Å². The van der Waals surface area contributed by atoms with Crippen LogP contribution in [0, 0.1) is 6.92 Å². The molecule has 0 aliphatic carbocycles. The Kier molecular flexibility index (Phi) is 5.24. The van der Waals surface area contributed by atoms with E-state index in [1.165, 1.54) is 14.0 Å². The van der Waals surface area contributed by atoms with Gasteiger partial charge < -0.3 is 15.4 Å². The summed E-state index contributed by atoms with van der Waals surface area (Å²) in [5.41, 5.74) is 2.34. The van der Waals surface area contributed by atoms with Crippen LogP contribution in [0.2, 0.25) is 5.02 Å². The fourth-order valence-corrected chi connectivity index (χ4v) is 2.22. The van der Waals surface area contributed by atoms with E-state index in [4.69, 9.17) is 16.3 Å². The Hall–Kier alpha value is -2.53. The van der Waals surface area contributed by atoms with Crippen LogP contribution in [0.25, 0.3) is 0 Å². The Labute approximate surface area is 139 Å². The summed E-state index contributed by atoms with van der Waals surface area (Å²) >= 11 is 6.05. The molecular weight excluding hydrogens is 316 g/mol. The molecule has 0 aromatic heterocycles. The molecule has 0 bridgehead atoms. The smallest absolute Gasteiger partial charge is 0.255 e. The van der Waals surface area contributed by atoms with Gasteiger partial charge in [-0.2, -0.15) is 0 Å². The summed E-state index contributed by atoms with van der Waals surface area (Å²) in [5.74, 6) is -0.0262. The molecule has 6 heteroatoms. The van der Waals surface area contributed by atoms with Gasteiger partial charge in [-0.1, -0.05) is 17.7 Å². The van der Waals surface area contributed by atoms with Crippen molar-refractivity contribution < 1.29 is 14.3 Å². The van der Waals surface area contributed by atoms with Crippen LogP contribution >= 0.6 is 11.6 Å². The van der Waals surface area contributed by atoms with Gasteiger partial charge in [0.1, 0.15) is 5.75 Å². The number of ether oxygens (including phenoxy) is 1. The van der Waals surface area contributed by atoms with Gasteiger partial charge in [0.05, 0.1) is 12.8 Å². The first-order chi connectivity index (χ1) is 10.9. The van der Waals surface area contributed by atoms with Gasteiger partial charge >= 0.3 is 0 Å². The number of halogens is 1. The number of aryl methyl sites for hydroxylation is 1. The molecule has 0 aliphatic rings. The van der Waals surface area contributed by atoms with Crippen LogP contribution in [-0.4, -0.2) is 18.9 Å². The highest BCUT2D eigenvalue weighted by molar-refractivity contribution is 6.31. The van der Waals surface area contributed by atoms with Crippen molar-refractivity contribution in [3.63, 3.8) is 0 Å². The van der Waals surface area contributed by atoms with Crippen LogP contribution in [0.4, 0.5) is 11.4 Å². The van der Waals surface area contributed by atoms with Crippen LogP contribution in [0.1, 0.15) is 22.8 Å². The van der Waals surface area contributed by atoms with E-state index >= 15 is 0 Å². The van der Waals surface area contributed by atoms with Crippen molar-refractivity contribution in [2.75, 3.05) is 17.7 Å². The van der Waals surface area contributed by atoms with Gasteiger partial charge in [-0.3, -0.25) is 9.59 Å². The van der Waals surface area contributed by atoms with E-state index in [0.29, 0.717) is 27.7 Å². The first-order valence-corrected chi connectivity index (χ1v) is 7.31. The SMILES string of the molecule is COc1cc(Cl)c(C)cc1NC(=O)c1cccc(NC(C)=O)c1. The lowest BCUT2D eigenvalue weighted by atomic mass is 10.1. The molecule has 0 radical (unpaired) electrons. The molecular formula is C17H17ClN2O3. The molecule has 5 nitrogen and oxygen atoms in total. The summed E-state index contributed by atoms with van der Waals surface area (Å²) in [6.45, 7) is 3.25. The Morgan fingerprint density at radius 2 is 1.87 bits per heavy atom. The number of carbonyl (C=O) groups is 2. The standard InChI is InChI=1S/C17H17ClN2O3/c1-10-7-15(16(23-3)9-14(10)18)20-17(22)12-5-4-6-13(8-12)19-11(2)21/h4-9H,1-3H3,(H,19,21)(H,20,22). The average molecular weight is 333 g/mol. The second-order valence-corrected chi connectivity index (χ2v) is 5.42. The molecule has 0 saturated heterocycles.